The van der Waals surface area contributed by atoms with Gasteiger partial charge in [-0.25, -0.2) is 0 Å². The number of rotatable bonds is 5. The number of allylic oxidation sites excluding steroid dienone is 7. The first kappa shape index (κ1) is 17.7. The molecule has 1 heteroatoms. The first-order chi connectivity index (χ1) is 9.68. The Hall–Kier alpha value is -1.34. The van der Waals surface area contributed by atoms with Gasteiger partial charge >= 0.3 is 0 Å². The summed E-state index contributed by atoms with van der Waals surface area (Å²) < 4.78 is 0. The molecule has 0 bridgehead atoms. The molecule has 1 aliphatic rings. The summed E-state index contributed by atoms with van der Waals surface area (Å²) in [6.45, 7) is 14.3. The predicted molar refractivity (Wildman–Crippen MR) is 93.2 cm³/mol. The quantitative estimate of drug-likeness (QED) is 0.522. The third kappa shape index (κ3) is 5.51. The van der Waals surface area contributed by atoms with Crippen molar-refractivity contribution < 1.29 is 5.11 Å². The molecule has 0 aromatic rings. The largest absolute Gasteiger partial charge is 0.382 e. The molecule has 1 N–H and O–H groups in total. The van der Waals surface area contributed by atoms with E-state index in [0.717, 1.165) is 0 Å². The molecule has 1 atom stereocenters. The maximum absolute atomic E-state index is 9.81. The van der Waals surface area contributed by atoms with Crippen LogP contribution in [0.1, 0.15) is 53.9 Å². The van der Waals surface area contributed by atoms with Gasteiger partial charge in [0.1, 0.15) is 0 Å². The zero-order valence-corrected chi connectivity index (χ0v) is 14.2. The molecule has 1 aliphatic carbocycles. The summed E-state index contributed by atoms with van der Waals surface area (Å²) in [4.78, 5) is 0. The lowest BCUT2D eigenvalue weighted by atomic mass is 9.72. The summed E-state index contributed by atoms with van der Waals surface area (Å²) in [7, 11) is 0. The van der Waals surface area contributed by atoms with Crippen molar-refractivity contribution in [1.29, 1.82) is 0 Å². The van der Waals surface area contributed by atoms with Crippen molar-refractivity contribution in [1.82, 2.24) is 0 Å². The fourth-order valence-electron chi connectivity index (χ4n) is 2.74. The van der Waals surface area contributed by atoms with E-state index < -0.39 is 5.60 Å². The molecule has 1 nitrogen and oxygen atoms in total. The van der Waals surface area contributed by atoms with E-state index in [9.17, 15) is 5.11 Å². The van der Waals surface area contributed by atoms with Gasteiger partial charge in [-0.3, -0.25) is 0 Å². The first-order valence-electron chi connectivity index (χ1n) is 7.78. The number of hydrogen-bond acceptors (Lipinski definition) is 1. The van der Waals surface area contributed by atoms with Crippen LogP contribution in [0.5, 0.6) is 0 Å². The summed E-state index contributed by atoms with van der Waals surface area (Å²) in [6.07, 6.45) is 15.4. The average Bonchev–Trinajstić information content (AvgIpc) is 2.37. The lowest BCUT2D eigenvalue weighted by Crippen LogP contribution is -2.19. The molecule has 0 aromatic heterocycles. The monoisotopic (exact) mass is 286 g/mol. The molecule has 0 radical (unpaired) electrons. The van der Waals surface area contributed by atoms with Crippen LogP contribution in [0.3, 0.4) is 0 Å². The highest BCUT2D eigenvalue weighted by atomic mass is 16.3. The summed E-state index contributed by atoms with van der Waals surface area (Å²) in [5.41, 5.74) is 3.50. The van der Waals surface area contributed by atoms with Crippen LogP contribution in [0.2, 0.25) is 0 Å². The van der Waals surface area contributed by atoms with E-state index in [1.807, 2.05) is 12.2 Å². The van der Waals surface area contributed by atoms with Gasteiger partial charge < -0.3 is 5.11 Å². The Kier molecular flexibility index (Phi) is 5.98. The van der Waals surface area contributed by atoms with Crippen molar-refractivity contribution in [2.75, 3.05) is 0 Å². The molecule has 21 heavy (non-hydrogen) atoms. The summed E-state index contributed by atoms with van der Waals surface area (Å²) in [5, 5.41) is 9.81. The summed E-state index contributed by atoms with van der Waals surface area (Å²) in [5.74, 6) is 0. The lowest BCUT2D eigenvalue weighted by Gasteiger charge is -2.32. The second-order valence-electron chi connectivity index (χ2n) is 6.96. The molecule has 1 unspecified atom stereocenters. The van der Waals surface area contributed by atoms with Crippen LogP contribution >= 0.6 is 0 Å². The van der Waals surface area contributed by atoms with Gasteiger partial charge in [0.05, 0.1) is 5.60 Å². The van der Waals surface area contributed by atoms with Crippen LogP contribution in [0.25, 0.3) is 0 Å². The smallest absolute Gasteiger partial charge is 0.0980 e. The van der Waals surface area contributed by atoms with Gasteiger partial charge in [-0.15, -0.1) is 0 Å². The molecule has 0 aromatic carbocycles. The molecular weight excluding hydrogens is 256 g/mol. The van der Waals surface area contributed by atoms with Crippen LogP contribution < -0.4 is 0 Å². The Morgan fingerprint density at radius 3 is 2.62 bits per heavy atom. The van der Waals surface area contributed by atoms with Gasteiger partial charge in [0, 0.05) is 0 Å². The highest BCUT2D eigenvalue weighted by molar-refractivity contribution is 5.36. The normalized spacial score (nSPS) is 22.9. The molecule has 1 rings (SSSR count). The minimum absolute atomic E-state index is 0.279. The van der Waals surface area contributed by atoms with Crippen LogP contribution in [0.15, 0.2) is 59.8 Å². The van der Waals surface area contributed by atoms with Gasteiger partial charge in [-0.05, 0) is 57.1 Å². The summed E-state index contributed by atoms with van der Waals surface area (Å²) >= 11 is 0. The Balaban J connectivity index is 2.82. The van der Waals surface area contributed by atoms with Gasteiger partial charge in [0.25, 0.3) is 0 Å². The molecular formula is C20H30O. The van der Waals surface area contributed by atoms with Crippen molar-refractivity contribution in [3.05, 3.63) is 59.8 Å². The van der Waals surface area contributed by atoms with Crippen LogP contribution in [0, 0.1) is 5.41 Å². The van der Waals surface area contributed by atoms with E-state index in [4.69, 9.17) is 0 Å². The van der Waals surface area contributed by atoms with E-state index in [1.54, 1.807) is 13.0 Å². The van der Waals surface area contributed by atoms with Gasteiger partial charge in [0.2, 0.25) is 0 Å². The van der Waals surface area contributed by atoms with Crippen LogP contribution in [0.4, 0.5) is 0 Å². The molecule has 0 saturated heterocycles. The Labute approximate surface area is 130 Å². The summed E-state index contributed by atoms with van der Waals surface area (Å²) in [6, 6.07) is 0. The fourth-order valence-corrected chi connectivity index (χ4v) is 2.74. The second kappa shape index (κ2) is 7.09. The van der Waals surface area contributed by atoms with Crippen molar-refractivity contribution in [3.8, 4) is 0 Å². The van der Waals surface area contributed by atoms with Crippen molar-refractivity contribution in [2.24, 2.45) is 5.41 Å². The second-order valence-corrected chi connectivity index (χ2v) is 6.96. The minimum Gasteiger partial charge on any atom is -0.382 e. The predicted octanol–water partition coefficient (Wildman–Crippen LogP) is 5.51. The van der Waals surface area contributed by atoms with Crippen molar-refractivity contribution in [3.63, 3.8) is 0 Å². The van der Waals surface area contributed by atoms with E-state index in [1.165, 1.54) is 42.1 Å². The zero-order chi connectivity index (χ0) is 16.1. The minimum atomic E-state index is -0.940. The number of aliphatic hydroxyl groups is 1. The fraction of sp³-hybridized carbons (Fsp3) is 0.500. The van der Waals surface area contributed by atoms with Crippen molar-refractivity contribution >= 4 is 0 Å². The highest BCUT2D eigenvalue weighted by Gasteiger charge is 2.26. The molecule has 0 saturated carbocycles. The highest BCUT2D eigenvalue weighted by Crippen LogP contribution is 2.40. The SMILES string of the molecule is C=CC(C)(O)/C=C/C=C(C)/C=C/C1=C(C)CCCC1(C)C. The third-order valence-corrected chi connectivity index (χ3v) is 4.26. The Bertz CT molecular complexity index is 496. The first-order valence-corrected chi connectivity index (χ1v) is 7.78. The van der Waals surface area contributed by atoms with Crippen LogP contribution in [-0.2, 0) is 0 Å². The maximum Gasteiger partial charge on any atom is 0.0980 e. The molecule has 0 spiro atoms. The molecule has 0 aliphatic heterocycles. The number of hydrogen-bond donors (Lipinski definition) is 1. The van der Waals surface area contributed by atoms with Gasteiger partial charge in [-0.1, -0.05) is 62.0 Å². The van der Waals surface area contributed by atoms with Gasteiger partial charge in [-0.2, -0.15) is 0 Å². The topological polar surface area (TPSA) is 20.2 Å². The van der Waals surface area contributed by atoms with E-state index in [0.29, 0.717) is 0 Å². The van der Waals surface area contributed by atoms with Crippen molar-refractivity contribution in [2.45, 2.75) is 59.5 Å². The molecule has 0 amide bonds. The molecule has 0 fully saturated rings. The third-order valence-electron chi connectivity index (χ3n) is 4.26. The molecule has 116 valence electrons. The lowest BCUT2D eigenvalue weighted by molar-refractivity contribution is 0.164. The standard InChI is InChI=1S/C20H30O/c1-7-20(6,21)15-8-10-16(2)12-13-18-17(3)11-9-14-19(18,4)5/h7-8,10,12-13,15,21H,1,9,11,14H2,2-6H3/b13-12+,15-8+,16-10+. The van der Waals surface area contributed by atoms with E-state index >= 15 is 0 Å². The maximum atomic E-state index is 9.81. The average molecular weight is 286 g/mol. The zero-order valence-electron chi connectivity index (χ0n) is 14.2. The Morgan fingerprint density at radius 2 is 2.05 bits per heavy atom. The molecule has 0 heterocycles. The van der Waals surface area contributed by atoms with E-state index in [2.05, 4.69) is 46.4 Å². The Morgan fingerprint density at radius 1 is 1.38 bits per heavy atom. The van der Waals surface area contributed by atoms with Gasteiger partial charge in [0.15, 0.2) is 0 Å². The van der Waals surface area contributed by atoms with Crippen LogP contribution in [-0.4, -0.2) is 10.7 Å². The van der Waals surface area contributed by atoms with E-state index in [-0.39, 0.29) is 5.41 Å².